The molecule has 0 saturated carbocycles. The molecule has 1 aromatic heterocycles. The number of ether oxygens (including phenoxy) is 1. The highest BCUT2D eigenvalue weighted by molar-refractivity contribution is 5.95. The quantitative estimate of drug-likeness (QED) is 0.325. The second kappa shape index (κ2) is 7.22. The van der Waals surface area contributed by atoms with Crippen molar-refractivity contribution in [2.75, 3.05) is 6.61 Å². The third-order valence-electron chi connectivity index (χ3n) is 5.68. The summed E-state index contributed by atoms with van der Waals surface area (Å²) in [7, 11) is 0. The van der Waals surface area contributed by atoms with Crippen LogP contribution < -0.4 is 5.43 Å². The topological polar surface area (TPSA) is 161 Å². The lowest BCUT2D eigenvalue weighted by atomic mass is 9.88. The minimum absolute atomic E-state index is 0.0300. The number of rotatable bonds is 2. The lowest BCUT2D eigenvalue weighted by Gasteiger charge is -2.40. The normalized spacial score (nSPS) is 27.1. The monoisotopic (exact) mass is 418 g/mol. The van der Waals surface area contributed by atoms with Crippen LogP contribution in [0.1, 0.15) is 22.8 Å². The highest BCUT2D eigenvalue weighted by Crippen LogP contribution is 2.42. The third-order valence-corrected chi connectivity index (χ3v) is 5.68. The summed E-state index contributed by atoms with van der Waals surface area (Å²) in [4.78, 5) is 13.1. The molecule has 9 heteroatoms. The molecular weight excluding hydrogens is 396 g/mol. The number of hydrogen-bond donors (Lipinski definition) is 6. The summed E-state index contributed by atoms with van der Waals surface area (Å²) in [6.07, 6.45) is -7.29. The van der Waals surface area contributed by atoms with Gasteiger partial charge in [0, 0.05) is 5.56 Å². The smallest absolute Gasteiger partial charge is 0.204 e. The van der Waals surface area contributed by atoms with Crippen molar-refractivity contribution in [2.45, 2.75) is 44.4 Å². The van der Waals surface area contributed by atoms with E-state index in [9.17, 15) is 35.4 Å². The number of aromatic hydroxyl groups is 2. The van der Waals surface area contributed by atoms with Crippen LogP contribution in [0.4, 0.5) is 0 Å². The number of phenolic OH excluding ortho intramolecular Hbond substituents is 2. The number of benzene rings is 2. The summed E-state index contributed by atoms with van der Waals surface area (Å²) in [6.45, 7) is 2.63. The van der Waals surface area contributed by atoms with Crippen LogP contribution >= 0.6 is 0 Å². The molecule has 0 radical (unpaired) electrons. The Balaban J connectivity index is 1.98. The fourth-order valence-corrected chi connectivity index (χ4v) is 3.97. The van der Waals surface area contributed by atoms with Gasteiger partial charge in [-0.3, -0.25) is 4.79 Å². The molecule has 5 atom stereocenters. The zero-order valence-electron chi connectivity index (χ0n) is 16.2. The van der Waals surface area contributed by atoms with Crippen LogP contribution in [0.25, 0.3) is 21.9 Å². The zero-order valence-corrected chi connectivity index (χ0v) is 16.2. The van der Waals surface area contributed by atoms with Crippen LogP contribution in [-0.4, -0.2) is 61.7 Å². The summed E-state index contributed by atoms with van der Waals surface area (Å²) in [5, 5.41) is 60.8. The summed E-state index contributed by atoms with van der Waals surface area (Å²) >= 11 is 0. The maximum absolute atomic E-state index is 13.1. The second-order valence-corrected chi connectivity index (χ2v) is 7.64. The molecule has 0 aliphatic carbocycles. The van der Waals surface area contributed by atoms with E-state index >= 15 is 0 Å². The SMILES string of the molecule is Cc1cc2oc3cc(C)c([C@@H]4O[C@H](CO)[C@@H](O)[C@H](O)[C@H]4O)c(O)c3c(=O)c2cc1O. The summed E-state index contributed by atoms with van der Waals surface area (Å²) in [6, 6.07) is 4.26. The van der Waals surface area contributed by atoms with Gasteiger partial charge in [0.15, 0.2) is 0 Å². The van der Waals surface area contributed by atoms with Crippen molar-refractivity contribution in [1.29, 1.82) is 0 Å². The Morgan fingerprint density at radius 1 is 0.933 bits per heavy atom. The Hall–Kier alpha value is -2.69. The van der Waals surface area contributed by atoms with Gasteiger partial charge in [-0.05, 0) is 43.2 Å². The average Bonchev–Trinajstić information content (AvgIpc) is 2.69. The van der Waals surface area contributed by atoms with Crippen molar-refractivity contribution in [3.8, 4) is 11.5 Å². The van der Waals surface area contributed by atoms with Gasteiger partial charge in [0.2, 0.25) is 5.43 Å². The third kappa shape index (κ3) is 2.94. The van der Waals surface area contributed by atoms with Crippen molar-refractivity contribution in [1.82, 2.24) is 0 Å². The Morgan fingerprint density at radius 3 is 2.27 bits per heavy atom. The van der Waals surface area contributed by atoms with E-state index in [2.05, 4.69) is 0 Å². The first-order valence-corrected chi connectivity index (χ1v) is 9.38. The summed E-state index contributed by atoms with van der Waals surface area (Å²) in [5.41, 5.74) is 0.696. The highest BCUT2D eigenvalue weighted by Gasteiger charge is 2.45. The molecule has 0 amide bonds. The fraction of sp³-hybridized carbons (Fsp3) is 0.381. The zero-order chi connectivity index (χ0) is 21.9. The molecule has 0 spiro atoms. The Bertz CT molecular complexity index is 1200. The van der Waals surface area contributed by atoms with Crippen molar-refractivity contribution >= 4 is 21.9 Å². The molecule has 4 rings (SSSR count). The minimum atomic E-state index is -1.64. The number of phenols is 2. The van der Waals surface area contributed by atoms with E-state index in [1.54, 1.807) is 13.8 Å². The van der Waals surface area contributed by atoms with Crippen LogP contribution in [0.5, 0.6) is 11.5 Å². The molecule has 9 nitrogen and oxygen atoms in total. The molecule has 2 heterocycles. The van der Waals surface area contributed by atoms with Gasteiger partial charge in [-0.1, -0.05) is 0 Å². The number of aliphatic hydroxyl groups is 4. The van der Waals surface area contributed by atoms with Gasteiger partial charge in [-0.15, -0.1) is 0 Å². The first-order valence-electron chi connectivity index (χ1n) is 9.38. The van der Waals surface area contributed by atoms with E-state index in [1.165, 1.54) is 18.2 Å². The van der Waals surface area contributed by atoms with Crippen LogP contribution in [0, 0.1) is 13.8 Å². The molecule has 0 unspecified atom stereocenters. The number of hydrogen-bond acceptors (Lipinski definition) is 9. The number of fused-ring (bicyclic) bond motifs is 2. The lowest BCUT2D eigenvalue weighted by molar-refractivity contribution is -0.232. The predicted molar refractivity (Wildman–Crippen MR) is 106 cm³/mol. The maximum Gasteiger partial charge on any atom is 0.204 e. The van der Waals surface area contributed by atoms with Crippen molar-refractivity contribution in [3.63, 3.8) is 0 Å². The Kier molecular flexibility index (Phi) is 4.95. The van der Waals surface area contributed by atoms with Gasteiger partial charge in [0.05, 0.1) is 12.0 Å². The number of aryl methyl sites for hydroxylation is 2. The molecule has 1 fully saturated rings. The maximum atomic E-state index is 13.1. The molecule has 1 aliphatic heterocycles. The number of aliphatic hydroxyl groups excluding tert-OH is 4. The van der Waals surface area contributed by atoms with Crippen molar-refractivity contribution in [3.05, 3.63) is 45.1 Å². The van der Waals surface area contributed by atoms with Crippen LogP contribution in [0.15, 0.2) is 27.4 Å². The second-order valence-electron chi connectivity index (χ2n) is 7.64. The van der Waals surface area contributed by atoms with Gasteiger partial charge >= 0.3 is 0 Å². The lowest BCUT2D eigenvalue weighted by Crippen LogP contribution is -2.55. The summed E-state index contributed by atoms with van der Waals surface area (Å²) < 4.78 is 11.3. The van der Waals surface area contributed by atoms with Crippen LogP contribution in [0.2, 0.25) is 0 Å². The molecule has 6 N–H and O–H groups in total. The molecule has 3 aromatic rings. The molecule has 1 aliphatic rings. The summed E-state index contributed by atoms with van der Waals surface area (Å²) in [5.74, 6) is -0.611. The first-order chi connectivity index (χ1) is 14.1. The van der Waals surface area contributed by atoms with E-state index in [0.29, 0.717) is 11.1 Å². The molecule has 30 heavy (non-hydrogen) atoms. The fourth-order valence-electron chi connectivity index (χ4n) is 3.97. The van der Waals surface area contributed by atoms with Crippen LogP contribution in [-0.2, 0) is 4.74 Å². The van der Waals surface area contributed by atoms with Gasteiger partial charge in [0.1, 0.15) is 58.6 Å². The Labute approximate surface area is 170 Å². The standard InChI is InChI=1S/C21H22O9/c1-7-3-11-9(5-10(7)23)16(24)15-12(29-11)4-8(2)14(18(15)26)21-20(28)19(27)17(25)13(6-22)30-21/h3-5,13,17,19-23,25-28H,6H2,1-2H3/t13-,17-,19+,20-,21+/m1/s1. The van der Waals surface area contributed by atoms with E-state index in [-0.39, 0.29) is 33.3 Å². The minimum Gasteiger partial charge on any atom is -0.508 e. The van der Waals surface area contributed by atoms with E-state index in [0.717, 1.165) is 0 Å². The average molecular weight is 418 g/mol. The van der Waals surface area contributed by atoms with E-state index in [1.807, 2.05) is 0 Å². The van der Waals surface area contributed by atoms with Crippen LogP contribution in [0.3, 0.4) is 0 Å². The van der Waals surface area contributed by atoms with Crippen molar-refractivity contribution in [2.24, 2.45) is 0 Å². The van der Waals surface area contributed by atoms with Gasteiger partial charge in [-0.25, -0.2) is 0 Å². The highest BCUT2D eigenvalue weighted by atomic mass is 16.5. The van der Waals surface area contributed by atoms with Crippen molar-refractivity contribution < 1.29 is 39.8 Å². The van der Waals surface area contributed by atoms with Gasteiger partial charge in [-0.2, -0.15) is 0 Å². The molecular formula is C21H22O9. The van der Waals surface area contributed by atoms with E-state index < -0.39 is 48.3 Å². The largest absolute Gasteiger partial charge is 0.508 e. The molecule has 2 aromatic carbocycles. The molecule has 0 bridgehead atoms. The first kappa shape index (κ1) is 20.6. The Morgan fingerprint density at radius 2 is 1.60 bits per heavy atom. The molecule has 160 valence electrons. The predicted octanol–water partition coefficient (Wildman–Crippen LogP) is 0.489. The molecule has 1 saturated heterocycles. The van der Waals surface area contributed by atoms with Gasteiger partial charge < -0.3 is 39.8 Å². The van der Waals surface area contributed by atoms with E-state index in [4.69, 9.17) is 9.15 Å². The van der Waals surface area contributed by atoms with Gasteiger partial charge in [0.25, 0.3) is 0 Å².